The Labute approximate surface area is 105 Å². The van der Waals surface area contributed by atoms with Crippen LogP contribution in [0, 0.1) is 5.38 Å². The van der Waals surface area contributed by atoms with Crippen LogP contribution in [-0.2, 0) is 12.6 Å². The topological polar surface area (TPSA) is 12.9 Å². The summed E-state index contributed by atoms with van der Waals surface area (Å²) in [6, 6.07) is 4.49. The van der Waals surface area contributed by atoms with Crippen molar-refractivity contribution in [3.63, 3.8) is 0 Å². The number of nitrogens with zero attached hydrogens (tertiary/aromatic N) is 1. The standard InChI is InChI=1S/C11H6ClF3NS/c12-9-4-7(11(13,14)15)6-16-10(9)5-8-2-1-3-17-8/h1-2,4,6H,5H2. The molecular weight excluding hydrogens is 271 g/mol. The largest absolute Gasteiger partial charge is 0.417 e. The first-order chi connectivity index (χ1) is 7.97. The fourth-order valence-electron chi connectivity index (χ4n) is 1.28. The molecule has 0 aliphatic carbocycles. The minimum Gasteiger partial charge on any atom is -0.259 e. The van der Waals surface area contributed by atoms with Crippen LogP contribution in [0.2, 0.25) is 5.02 Å². The Balaban J connectivity index is 2.26. The molecule has 0 atom stereocenters. The first-order valence-electron chi connectivity index (χ1n) is 4.63. The third kappa shape index (κ3) is 2.98. The first kappa shape index (κ1) is 12.4. The van der Waals surface area contributed by atoms with E-state index in [1.807, 2.05) is 6.07 Å². The van der Waals surface area contributed by atoms with Crippen molar-refractivity contribution in [3.05, 3.63) is 50.9 Å². The Bertz CT molecular complexity index is 508. The van der Waals surface area contributed by atoms with E-state index in [2.05, 4.69) is 10.4 Å². The number of alkyl halides is 3. The molecule has 2 aromatic heterocycles. The van der Waals surface area contributed by atoms with Crippen LogP contribution in [0.25, 0.3) is 0 Å². The third-order valence-corrected chi connectivity index (χ3v) is 3.24. The molecule has 0 aliphatic heterocycles. The Morgan fingerprint density at radius 2 is 2.18 bits per heavy atom. The van der Waals surface area contributed by atoms with Gasteiger partial charge in [-0.25, -0.2) is 0 Å². The summed E-state index contributed by atoms with van der Waals surface area (Å²) < 4.78 is 37.1. The maximum absolute atomic E-state index is 12.4. The summed E-state index contributed by atoms with van der Waals surface area (Å²) in [5.74, 6) is 0. The third-order valence-electron chi connectivity index (χ3n) is 2.11. The van der Waals surface area contributed by atoms with E-state index < -0.39 is 11.7 Å². The van der Waals surface area contributed by atoms with Crippen molar-refractivity contribution in [2.24, 2.45) is 0 Å². The highest BCUT2D eigenvalue weighted by Crippen LogP contribution is 2.31. The van der Waals surface area contributed by atoms with Gasteiger partial charge >= 0.3 is 6.18 Å². The van der Waals surface area contributed by atoms with E-state index >= 15 is 0 Å². The zero-order valence-corrected chi connectivity index (χ0v) is 9.96. The summed E-state index contributed by atoms with van der Waals surface area (Å²) in [4.78, 5) is 4.72. The second kappa shape index (κ2) is 4.66. The molecule has 0 fully saturated rings. The lowest BCUT2D eigenvalue weighted by molar-refractivity contribution is -0.137. The van der Waals surface area contributed by atoms with E-state index in [4.69, 9.17) is 11.6 Å². The van der Waals surface area contributed by atoms with Gasteiger partial charge in [0.25, 0.3) is 0 Å². The number of aromatic nitrogens is 1. The van der Waals surface area contributed by atoms with Gasteiger partial charge in [0.1, 0.15) is 0 Å². The SMILES string of the molecule is FC(F)(F)c1cnc(Cc2cc[c]s2)c(Cl)c1. The Kier molecular flexibility index (Phi) is 3.40. The lowest BCUT2D eigenvalue weighted by atomic mass is 10.2. The lowest BCUT2D eigenvalue weighted by Crippen LogP contribution is -2.06. The maximum atomic E-state index is 12.4. The second-order valence-corrected chi connectivity index (χ2v) is 4.72. The average Bonchev–Trinajstić information content (AvgIpc) is 2.72. The van der Waals surface area contributed by atoms with Crippen molar-refractivity contribution in [2.75, 3.05) is 0 Å². The molecule has 0 N–H and O–H groups in total. The van der Waals surface area contributed by atoms with Crippen molar-refractivity contribution in [1.82, 2.24) is 4.98 Å². The number of rotatable bonds is 2. The number of pyridine rings is 1. The molecule has 2 heterocycles. The average molecular weight is 277 g/mol. The van der Waals surface area contributed by atoms with Crippen molar-refractivity contribution in [1.29, 1.82) is 0 Å². The van der Waals surface area contributed by atoms with Gasteiger partial charge < -0.3 is 0 Å². The van der Waals surface area contributed by atoms with E-state index in [1.54, 1.807) is 6.07 Å². The first-order valence-corrected chi connectivity index (χ1v) is 5.82. The van der Waals surface area contributed by atoms with Crippen LogP contribution in [0.1, 0.15) is 16.1 Å². The number of thiophene rings is 1. The quantitative estimate of drug-likeness (QED) is 0.801. The zero-order chi connectivity index (χ0) is 12.5. The predicted octanol–water partition coefficient (Wildman–Crippen LogP) is 4.21. The molecule has 0 bridgehead atoms. The van der Waals surface area contributed by atoms with Crippen LogP contribution in [0.15, 0.2) is 24.4 Å². The summed E-state index contributed by atoms with van der Waals surface area (Å²) >= 11 is 7.17. The molecule has 0 spiro atoms. The number of hydrogen-bond donors (Lipinski definition) is 0. The maximum Gasteiger partial charge on any atom is 0.417 e. The van der Waals surface area contributed by atoms with Gasteiger partial charge in [-0.1, -0.05) is 11.6 Å². The van der Waals surface area contributed by atoms with E-state index in [0.29, 0.717) is 12.1 Å². The fraction of sp³-hybridized carbons (Fsp3) is 0.182. The van der Waals surface area contributed by atoms with E-state index in [9.17, 15) is 13.2 Å². The van der Waals surface area contributed by atoms with Gasteiger partial charge in [0.05, 0.1) is 16.3 Å². The molecule has 0 saturated heterocycles. The molecule has 0 amide bonds. The fourth-order valence-corrected chi connectivity index (χ4v) is 2.15. The minimum atomic E-state index is -4.41. The summed E-state index contributed by atoms with van der Waals surface area (Å²) in [5, 5.41) is 2.93. The van der Waals surface area contributed by atoms with Crippen LogP contribution < -0.4 is 0 Å². The van der Waals surface area contributed by atoms with Crippen LogP contribution in [0.4, 0.5) is 13.2 Å². The summed E-state index contributed by atoms with van der Waals surface area (Å²) in [7, 11) is 0. The van der Waals surface area contributed by atoms with E-state index in [-0.39, 0.29) is 5.02 Å². The molecule has 2 aromatic rings. The molecule has 6 heteroatoms. The van der Waals surface area contributed by atoms with Gasteiger partial charge in [-0.2, -0.15) is 13.2 Å². The molecule has 2 rings (SSSR count). The number of halogens is 4. The zero-order valence-electron chi connectivity index (χ0n) is 8.38. The summed E-state index contributed by atoms with van der Waals surface area (Å²) in [6.07, 6.45) is -3.18. The van der Waals surface area contributed by atoms with Gasteiger partial charge in [0, 0.05) is 22.9 Å². The molecule has 0 saturated carbocycles. The van der Waals surface area contributed by atoms with Gasteiger partial charge in [-0.3, -0.25) is 4.98 Å². The Hall–Kier alpha value is -1.07. The molecule has 1 nitrogen and oxygen atoms in total. The molecular formula is C11H6ClF3NS. The molecule has 1 radical (unpaired) electrons. The van der Waals surface area contributed by atoms with Crippen LogP contribution in [0.5, 0.6) is 0 Å². The number of hydrogen-bond acceptors (Lipinski definition) is 2. The van der Waals surface area contributed by atoms with Crippen molar-refractivity contribution >= 4 is 22.9 Å². The summed E-state index contributed by atoms with van der Waals surface area (Å²) in [5.41, 5.74) is -0.389. The van der Waals surface area contributed by atoms with E-state index in [1.165, 1.54) is 11.3 Å². The van der Waals surface area contributed by atoms with Crippen molar-refractivity contribution in [2.45, 2.75) is 12.6 Å². The summed E-state index contributed by atoms with van der Waals surface area (Å²) in [6.45, 7) is 0. The van der Waals surface area contributed by atoms with Crippen LogP contribution in [0.3, 0.4) is 0 Å². The highest BCUT2D eigenvalue weighted by atomic mass is 35.5. The second-order valence-electron chi connectivity index (χ2n) is 3.35. The van der Waals surface area contributed by atoms with Crippen molar-refractivity contribution in [3.8, 4) is 0 Å². The normalized spacial score (nSPS) is 11.8. The molecule has 0 unspecified atom stereocenters. The van der Waals surface area contributed by atoms with E-state index in [0.717, 1.165) is 17.1 Å². The molecule has 0 aliphatic rings. The predicted molar refractivity (Wildman–Crippen MR) is 60.2 cm³/mol. The molecule has 0 aromatic carbocycles. The van der Waals surface area contributed by atoms with Gasteiger partial charge in [0.15, 0.2) is 0 Å². The van der Waals surface area contributed by atoms with Crippen LogP contribution >= 0.6 is 22.9 Å². The van der Waals surface area contributed by atoms with Gasteiger partial charge in [-0.15, -0.1) is 11.3 Å². The molecule has 17 heavy (non-hydrogen) atoms. The minimum absolute atomic E-state index is 0.0354. The monoisotopic (exact) mass is 276 g/mol. The molecule has 89 valence electrons. The Morgan fingerprint density at radius 3 is 2.71 bits per heavy atom. The van der Waals surface area contributed by atoms with Crippen LogP contribution in [-0.4, -0.2) is 4.98 Å². The highest BCUT2D eigenvalue weighted by molar-refractivity contribution is 7.09. The lowest BCUT2D eigenvalue weighted by Gasteiger charge is -2.08. The van der Waals surface area contributed by atoms with Gasteiger partial charge in [0.2, 0.25) is 0 Å². The van der Waals surface area contributed by atoms with Crippen molar-refractivity contribution < 1.29 is 13.2 Å². The highest BCUT2D eigenvalue weighted by Gasteiger charge is 2.31. The smallest absolute Gasteiger partial charge is 0.259 e. The van der Waals surface area contributed by atoms with Gasteiger partial charge in [-0.05, 0) is 18.2 Å². The Morgan fingerprint density at radius 1 is 1.41 bits per heavy atom.